The van der Waals surface area contributed by atoms with Gasteiger partial charge in [0.2, 0.25) is 5.89 Å². The van der Waals surface area contributed by atoms with Crippen LogP contribution in [0.2, 0.25) is 0 Å². The fourth-order valence-corrected chi connectivity index (χ4v) is 4.61. The van der Waals surface area contributed by atoms with Crippen LogP contribution in [0.15, 0.2) is 88.9 Å². The van der Waals surface area contributed by atoms with Crippen LogP contribution in [0, 0.1) is 13.8 Å². The predicted octanol–water partition coefficient (Wildman–Crippen LogP) is 6.36. The van der Waals surface area contributed by atoms with Gasteiger partial charge in [0.15, 0.2) is 22.8 Å². The molecular formula is C29H20N2O3. The van der Waals surface area contributed by atoms with Crippen LogP contribution >= 0.6 is 0 Å². The molecule has 1 aliphatic rings. The van der Waals surface area contributed by atoms with Crippen molar-refractivity contribution < 1.29 is 14.0 Å². The van der Waals surface area contributed by atoms with Gasteiger partial charge in [-0.25, -0.2) is 0 Å². The fraction of sp³-hybridized carbons (Fsp3) is 0.0690. The first kappa shape index (κ1) is 20.1. The molecule has 2 aromatic heterocycles. The number of rotatable bonds is 3. The van der Waals surface area contributed by atoms with Crippen LogP contribution in [0.4, 0.5) is 0 Å². The summed E-state index contributed by atoms with van der Waals surface area (Å²) in [6.45, 7) is 3.72. The lowest BCUT2D eigenvalue weighted by molar-refractivity contribution is 0.0990. The number of para-hydroxylation sites is 1. The molecule has 0 aliphatic heterocycles. The van der Waals surface area contributed by atoms with Crippen molar-refractivity contribution in [2.45, 2.75) is 13.8 Å². The Balaban J connectivity index is 1.55. The Morgan fingerprint density at radius 2 is 1.38 bits per heavy atom. The summed E-state index contributed by atoms with van der Waals surface area (Å²) in [5.74, 6) is 0.0364. The molecule has 0 atom stereocenters. The number of ketones is 2. The minimum atomic E-state index is -0.239. The van der Waals surface area contributed by atoms with Crippen molar-refractivity contribution >= 4 is 28.9 Å². The lowest BCUT2D eigenvalue weighted by Crippen LogP contribution is -2.03. The molecule has 0 bridgehead atoms. The number of nitrogens with zero attached hydrogens (tertiary/aromatic N) is 2. The number of benzene rings is 3. The number of allylic oxidation sites excluding steroid dienone is 1. The zero-order valence-corrected chi connectivity index (χ0v) is 18.7. The number of fused-ring (bicyclic) bond motifs is 2. The molecule has 5 aromatic rings. The Bertz CT molecular complexity index is 1590. The Morgan fingerprint density at radius 1 is 0.794 bits per heavy atom. The molecule has 0 N–H and O–H groups in total. The topological polar surface area (TPSA) is 65.1 Å². The molecule has 0 fully saturated rings. The number of hydrogen-bond acceptors (Lipinski definition) is 4. The van der Waals surface area contributed by atoms with Gasteiger partial charge in [-0.1, -0.05) is 48.5 Å². The zero-order chi connectivity index (χ0) is 23.4. The Labute approximate surface area is 196 Å². The summed E-state index contributed by atoms with van der Waals surface area (Å²) in [5.41, 5.74) is 6.38. The molecular weight excluding hydrogens is 424 g/mol. The second kappa shape index (κ2) is 7.52. The SMILES string of the molecule is Cc1ccc(C)c2c1C(=O)C(=Cc1cc3oc(-c4ccccc4)nc3n1-c1ccccc1)C2=O. The van der Waals surface area contributed by atoms with Gasteiger partial charge in [0.05, 0.1) is 11.3 Å². The Morgan fingerprint density at radius 3 is 2.00 bits per heavy atom. The van der Waals surface area contributed by atoms with E-state index in [0.29, 0.717) is 33.9 Å². The third-order valence-electron chi connectivity index (χ3n) is 6.28. The van der Waals surface area contributed by atoms with E-state index in [1.54, 1.807) is 6.08 Å². The second-order valence-corrected chi connectivity index (χ2v) is 8.48. The predicted molar refractivity (Wildman–Crippen MR) is 131 cm³/mol. The Kier molecular flexibility index (Phi) is 4.45. The highest BCUT2D eigenvalue weighted by Gasteiger charge is 2.36. The van der Waals surface area contributed by atoms with Crippen molar-refractivity contribution in [3.8, 4) is 17.1 Å². The number of hydrogen-bond donors (Lipinski definition) is 0. The smallest absolute Gasteiger partial charge is 0.228 e. The summed E-state index contributed by atoms with van der Waals surface area (Å²) in [6, 6.07) is 25.0. The molecule has 164 valence electrons. The quantitative estimate of drug-likeness (QED) is 0.240. The van der Waals surface area contributed by atoms with Crippen molar-refractivity contribution in [2.75, 3.05) is 0 Å². The summed E-state index contributed by atoms with van der Waals surface area (Å²) in [7, 11) is 0. The molecule has 1 aliphatic carbocycles. The molecule has 0 amide bonds. The summed E-state index contributed by atoms with van der Waals surface area (Å²) in [5, 5.41) is 0. The van der Waals surface area contributed by atoms with E-state index in [1.807, 2.05) is 97.3 Å². The van der Waals surface area contributed by atoms with E-state index < -0.39 is 0 Å². The van der Waals surface area contributed by atoms with E-state index in [1.165, 1.54) is 0 Å². The number of carbonyl (C=O) groups is 2. The number of aromatic nitrogens is 2. The molecule has 0 spiro atoms. The van der Waals surface area contributed by atoms with Gasteiger partial charge in [-0.15, -0.1) is 0 Å². The van der Waals surface area contributed by atoms with Crippen LogP contribution in [0.25, 0.3) is 34.4 Å². The average molecular weight is 444 g/mol. The van der Waals surface area contributed by atoms with E-state index in [4.69, 9.17) is 9.40 Å². The van der Waals surface area contributed by atoms with E-state index in [2.05, 4.69) is 0 Å². The highest BCUT2D eigenvalue weighted by molar-refractivity contribution is 6.42. The molecule has 0 unspecified atom stereocenters. The number of Topliss-reactive ketones (excluding diaryl/α,β-unsaturated/α-hetero) is 2. The molecule has 34 heavy (non-hydrogen) atoms. The van der Waals surface area contributed by atoms with Gasteiger partial charge in [-0.3, -0.25) is 14.2 Å². The van der Waals surface area contributed by atoms with E-state index in [0.717, 1.165) is 22.4 Å². The van der Waals surface area contributed by atoms with Crippen molar-refractivity contribution in [1.29, 1.82) is 0 Å². The Hall–Kier alpha value is -4.51. The van der Waals surface area contributed by atoms with Crippen LogP contribution in [0.1, 0.15) is 37.5 Å². The summed E-state index contributed by atoms with van der Waals surface area (Å²) in [6.07, 6.45) is 1.66. The molecule has 0 radical (unpaired) electrons. The molecule has 0 saturated heterocycles. The average Bonchev–Trinajstić information content (AvgIpc) is 3.49. The van der Waals surface area contributed by atoms with Gasteiger partial charge in [0, 0.05) is 28.4 Å². The first-order valence-corrected chi connectivity index (χ1v) is 11.1. The minimum absolute atomic E-state index is 0.160. The standard InChI is InChI=1S/C29H20N2O3/c1-17-13-14-18(2)25-24(17)26(32)22(27(25)33)15-21-16-23-28(31(21)20-11-7-4-8-12-20)30-29(34-23)19-9-5-3-6-10-19/h3-16H,1-2H3. The van der Waals surface area contributed by atoms with Crippen LogP contribution in [-0.2, 0) is 0 Å². The maximum atomic E-state index is 13.3. The van der Waals surface area contributed by atoms with Gasteiger partial charge in [-0.2, -0.15) is 4.98 Å². The largest absolute Gasteiger partial charge is 0.434 e. The van der Waals surface area contributed by atoms with Gasteiger partial charge in [-0.05, 0) is 55.3 Å². The molecule has 6 rings (SSSR count). The highest BCUT2D eigenvalue weighted by Crippen LogP contribution is 2.35. The van der Waals surface area contributed by atoms with Crippen molar-refractivity contribution in [3.05, 3.63) is 112 Å². The van der Waals surface area contributed by atoms with E-state index in [9.17, 15) is 9.59 Å². The third kappa shape index (κ3) is 2.98. The first-order chi connectivity index (χ1) is 16.5. The van der Waals surface area contributed by atoms with Crippen LogP contribution in [0.5, 0.6) is 0 Å². The summed E-state index contributed by atoms with van der Waals surface area (Å²) < 4.78 is 8.00. The van der Waals surface area contributed by atoms with E-state index >= 15 is 0 Å². The zero-order valence-electron chi connectivity index (χ0n) is 18.7. The van der Waals surface area contributed by atoms with Crippen LogP contribution < -0.4 is 0 Å². The van der Waals surface area contributed by atoms with Gasteiger partial charge < -0.3 is 4.42 Å². The number of aryl methyl sites for hydroxylation is 2. The molecule has 0 saturated carbocycles. The van der Waals surface area contributed by atoms with Gasteiger partial charge in [0.1, 0.15) is 0 Å². The minimum Gasteiger partial charge on any atom is -0.434 e. The molecule has 5 heteroatoms. The monoisotopic (exact) mass is 444 g/mol. The third-order valence-corrected chi connectivity index (χ3v) is 6.28. The second-order valence-electron chi connectivity index (χ2n) is 8.48. The lowest BCUT2D eigenvalue weighted by atomic mass is 9.99. The van der Waals surface area contributed by atoms with Gasteiger partial charge in [0.25, 0.3) is 0 Å². The maximum absolute atomic E-state index is 13.3. The lowest BCUT2D eigenvalue weighted by Gasteiger charge is -2.07. The normalized spacial score (nSPS) is 13.1. The summed E-state index contributed by atoms with van der Waals surface area (Å²) in [4.78, 5) is 31.3. The molecule has 2 heterocycles. The molecule has 5 nitrogen and oxygen atoms in total. The first-order valence-electron chi connectivity index (χ1n) is 11.1. The van der Waals surface area contributed by atoms with Gasteiger partial charge >= 0.3 is 0 Å². The van der Waals surface area contributed by atoms with Crippen LogP contribution in [-0.4, -0.2) is 21.1 Å². The van der Waals surface area contributed by atoms with E-state index in [-0.39, 0.29) is 17.1 Å². The maximum Gasteiger partial charge on any atom is 0.228 e. The highest BCUT2D eigenvalue weighted by atomic mass is 16.3. The number of carbonyl (C=O) groups excluding carboxylic acids is 2. The van der Waals surface area contributed by atoms with Crippen LogP contribution in [0.3, 0.4) is 0 Å². The summed E-state index contributed by atoms with van der Waals surface area (Å²) >= 11 is 0. The number of oxazole rings is 1. The van der Waals surface area contributed by atoms with Crippen molar-refractivity contribution in [1.82, 2.24) is 9.55 Å². The van der Waals surface area contributed by atoms with Crippen molar-refractivity contribution in [3.63, 3.8) is 0 Å². The molecule has 3 aromatic carbocycles. The van der Waals surface area contributed by atoms with Crippen molar-refractivity contribution in [2.24, 2.45) is 0 Å². The fourth-order valence-electron chi connectivity index (χ4n) is 4.61.